The summed E-state index contributed by atoms with van der Waals surface area (Å²) in [4.78, 5) is 11.4. The fourth-order valence-electron chi connectivity index (χ4n) is 2.28. The minimum atomic E-state index is 0.0314. The number of nitriles is 1. The van der Waals surface area contributed by atoms with Crippen LogP contribution in [0, 0.1) is 17.2 Å². The molecule has 1 aliphatic rings. The molecule has 0 radical (unpaired) electrons. The van der Waals surface area contributed by atoms with Crippen LogP contribution in [0.1, 0.15) is 32.1 Å². The van der Waals surface area contributed by atoms with E-state index in [9.17, 15) is 4.79 Å². The zero-order chi connectivity index (χ0) is 13.2. The van der Waals surface area contributed by atoms with Crippen molar-refractivity contribution in [1.82, 2.24) is 10.6 Å². The van der Waals surface area contributed by atoms with Gasteiger partial charge in [0.05, 0.1) is 18.6 Å². The van der Waals surface area contributed by atoms with E-state index in [0.29, 0.717) is 26.1 Å². The molecule has 1 saturated carbocycles. The highest BCUT2D eigenvalue weighted by Gasteiger charge is 2.24. The van der Waals surface area contributed by atoms with Crippen molar-refractivity contribution in [1.29, 1.82) is 5.26 Å². The van der Waals surface area contributed by atoms with Crippen LogP contribution >= 0.6 is 0 Å². The molecule has 0 aliphatic heterocycles. The SMILES string of the molecule is COCCNC(=O)CCNC1CCCCC1C#N. The van der Waals surface area contributed by atoms with E-state index in [1.807, 2.05) is 0 Å². The summed E-state index contributed by atoms with van der Waals surface area (Å²) in [5.41, 5.74) is 0. The van der Waals surface area contributed by atoms with E-state index in [1.165, 1.54) is 6.42 Å². The average Bonchev–Trinajstić information content (AvgIpc) is 2.39. The number of hydrogen-bond donors (Lipinski definition) is 2. The van der Waals surface area contributed by atoms with Crippen molar-refractivity contribution in [3.63, 3.8) is 0 Å². The Balaban J connectivity index is 2.12. The molecule has 0 bridgehead atoms. The molecule has 2 N–H and O–H groups in total. The first-order chi connectivity index (χ1) is 8.77. The van der Waals surface area contributed by atoms with Gasteiger partial charge in [-0.05, 0) is 12.8 Å². The number of carbonyl (C=O) groups is 1. The van der Waals surface area contributed by atoms with Crippen molar-refractivity contribution in [2.45, 2.75) is 38.1 Å². The van der Waals surface area contributed by atoms with Gasteiger partial charge in [-0.3, -0.25) is 4.79 Å². The molecular weight excluding hydrogens is 230 g/mol. The summed E-state index contributed by atoms with van der Waals surface area (Å²) in [6.45, 7) is 1.74. The number of methoxy groups -OCH3 is 1. The smallest absolute Gasteiger partial charge is 0.221 e. The number of nitrogens with zero attached hydrogens (tertiary/aromatic N) is 1. The van der Waals surface area contributed by atoms with Crippen molar-refractivity contribution < 1.29 is 9.53 Å². The molecule has 102 valence electrons. The van der Waals surface area contributed by atoms with Gasteiger partial charge in [-0.1, -0.05) is 12.8 Å². The highest BCUT2D eigenvalue weighted by Crippen LogP contribution is 2.23. The van der Waals surface area contributed by atoms with Crippen LogP contribution in [0.5, 0.6) is 0 Å². The topological polar surface area (TPSA) is 74.2 Å². The average molecular weight is 253 g/mol. The molecule has 1 fully saturated rings. The Bertz CT molecular complexity index is 288. The van der Waals surface area contributed by atoms with E-state index >= 15 is 0 Å². The van der Waals surface area contributed by atoms with Gasteiger partial charge < -0.3 is 15.4 Å². The normalized spacial score (nSPS) is 23.3. The number of carbonyl (C=O) groups excluding carboxylic acids is 1. The van der Waals surface area contributed by atoms with Crippen LogP contribution in [0.15, 0.2) is 0 Å². The second-order valence-corrected chi connectivity index (χ2v) is 4.67. The van der Waals surface area contributed by atoms with Crippen LogP contribution in [0.2, 0.25) is 0 Å². The number of ether oxygens (including phenoxy) is 1. The fraction of sp³-hybridized carbons (Fsp3) is 0.846. The van der Waals surface area contributed by atoms with Gasteiger partial charge in [0.15, 0.2) is 0 Å². The molecule has 5 nitrogen and oxygen atoms in total. The van der Waals surface area contributed by atoms with Gasteiger partial charge in [-0.2, -0.15) is 5.26 Å². The van der Waals surface area contributed by atoms with E-state index in [0.717, 1.165) is 19.3 Å². The zero-order valence-electron chi connectivity index (χ0n) is 11.1. The number of nitrogens with one attached hydrogen (secondary N) is 2. The van der Waals surface area contributed by atoms with Crippen molar-refractivity contribution in [3.8, 4) is 6.07 Å². The van der Waals surface area contributed by atoms with Crippen molar-refractivity contribution >= 4 is 5.91 Å². The summed E-state index contributed by atoms with van der Waals surface area (Å²) < 4.78 is 4.85. The molecule has 1 aliphatic carbocycles. The van der Waals surface area contributed by atoms with Crippen molar-refractivity contribution in [2.75, 3.05) is 26.8 Å². The minimum Gasteiger partial charge on any atom is -0.383 e. The van der Waals surface area contributed by atoms with Gasteiger partial charge >= 0.3 is 0 Å². The van der Waals surface area contributed by atoms with Crippen LogP contribution in [-0.2, 0) is 9.53 Å². The van der Waals surface area contributed by atoms with E-state index in [2.05, 4.69) is 16.7 Å². The molecule has 0 spiro atoms. The lowest BCUT2D eigenvalue weighted by molar-refractivity contribution is -0.121. The zero-order valence-corrected chi connectivity index (χ0v) is 11.1. The van der Waals surface area contributed by atoms with Crippen LogP contribution in [0.3, 0.4) is 0 Å². The summed E-state index contributed by atoms with van der Waals surface area (Å²) in [5.74, 6) is 0.138. The maximum absolute atomic E-state index is 11.4. The number of amides is 1. The largest absolute Gasteiger partial charge is 0.383 e. The Hall–Kier alpha value is -1.12. The summed E-state index contributed by atoms with van der Waals surface area (Å²) in [6, 6.07) is 2.61. The standard InChI is InChI=1S/C13H23N3O2/c1-18-9-8-16-13(17)6-7-15-12-5-3-2-4-11(12)10-14/h11-12,15H,2-9H2,1H3,(H,16,17). The molecule has 2 unspecified atom stereocenters. The third-order valence-corrected chi connectivity index (χ3v) is 3.32. The molecule has 2 atom stereocenters. The lowest BCUT2D eigenvalue weighted by Gasteiger charge is -2.27. The Morgan fingerprint density at radius 3 is 2.89 bits per heavy atom. The predicted molar refractivity (Wildman–Crippen MR) is 68.9 cm³/mol. The Morgan fingerprint density at radius 2 is 2.17 bits per heavy atom. The van der Waals surface area contributed by atoms with Gasteiger partial charge in [0.1, 0.15) is 0 Å². The summed E-state index contributed by atoms with van der Waals surface area (Å²) in [6.07, 6.45) is 4.81. The van der Waals surface area contributed by atoms with E-state index in [1.54, 1.807) is 7.11 Å². The second kappa shape index (κ2) is 8.90. The molecule has 18 heavy (non-hydrogen) atoms. The molecule has 0 aromatic heterocycles. The Kier molecular flexibility index (Phi) is 7.38. The molecule has 5 heteroatoms. The predicted octanol–water partition coefficient (Wildman–Crippen LogP) is 0.811. The van der Waals surface area contributed by atoms with Crippen LogP contribution in [-0.4, -0.2) is 38.8 Å². The number of hydrogen-bond acceptors (Lipinski definition) is 4. The van der Waals surface area contributed by atoms with Gasteiger partial charge in [-0.15, -0.1) is 0 Å². The Labute approximate surface area is 109 Å². The van der Waals surface area contributed by atoms with E-state index < -0.39 is 0 Å². The molecule has 1 rings (SSSR count). The third kappa shape index (κ3) is 5.48. The van der Waals surface area contributed by atoms with Gasteiger partial charge in [0.25, 0.3) is 0 Å². The minimum absolute atomic E-state index is 0.0314. The van der Waals surface area contributed by atoms with Gasteiger partial charge in [0, 0.05) is 32.7 Å². The maximum Gasteiger partial charge on any atom is 0.221 e. The summed E-state index contributed by atoms with van der Waals surface area (Å²) in [7, 11) is 1.61. The van der Waals surface area contributed by atoms with E-state index in [-0.39, 0.29) is 17.9 Å². The first-order valence-electron chi connectivity index (χ1n) is 6.66. The fourth-order valence-corrected chi connectivity index (χ4v) is 2.28. The molecule has 0 saturated heterocycles. The quantitative estimate of drug-likeness (QED) is 0.658. The maximum atomic E-state index is 11.4. The van der Waals surface area contributed by atoms with Crippen LogP contribution in [0.25, 0.3) is 0 Å². The lowest BCUT2D eigenvalue weighted by Crippen LogP contribution is -2.40. The third-order valence-electron chi connectivity index (χ3n) is 3.32. The highest BCUT2D eigenvalue weighted by atomic mass is 16.5. The lowest BCUT2D eigenvalue weighted by atomic mass is 9.85. The molecule has 0 aromatic rings. The first kappa shape index (κ1) is 14.9. The first-order valence-corrected chi connectivity index (χ1v) is 6.66. The second-order valence-electron chi connectivity index (χ2n) is 4.67. The van der Waals surface area contributed by atoms with Crippen LogP contribution < -0.4 is 10.6 Å². The summed E-state index contributed by atoms with van der Waals surface area (Å²) >= 11 is 0. The highest BCUT2D eigenvalue weighted by molar-refractivity contribution is 5.76. The Morgan fingerprint density at radius 1 is 1.39 bits per heavy atom. The monoisotopic (exact) mass is 253 g/mol. The number of rotatable bonds is 7. The molecular formula is C13H23N3O2. The van der Waals surface area contributed by atoms with Crippen molar-refractivity contribution in [2.24, 2.45) is 5.92 Å². The van der Waals surface area contributed by atoms with Crippen molar-refractivity contribution in [3.05, 3.63) is 0 Å². The van der Waals surface area contributed by atoms with Crippen LogP contribution in [0.4, 0.5) is 0 Å². The van der Waals surface area contributed by atoms with E-state index in [4.69, 9.17) is 10.00 Å². The molecule has 1 amide bonds. The summed E-state index contributed by atoms with van der Waals surface area (Å²) in [5, 5.41) is 15.1. The van der Waals surface area contributed by atoms with Gasteiger partial charge in [-0.25, -0.2) is 0 Å². The van der Waals surface area contributed by atoms with Gasteiger partial charge in [0.2, 0.25) is 5.91 Å². The molecule has 0 heterocycles. The molecule has 0 aromatic carbocycles.